The molecular formula is C13H13NO5S. The van der Waals surface area contributed by atoms with E-state index in [1.165, 1.54) is 24.3 Å². The van der Waals surface area contributed by atoms with Crippen molar-refractivity contribution in [3.63, 3.8) is 0 Å². The number of carbonyl (C=O) groups is 2. The highest BCUT2D eigenvalue weighted by Crippen LogP contribution is 2.22. The van der Waals surface area contributed by atoms with Gasteiger partial charge in [0.1, 0.15) is 0 Å². The summed E-state index contributed by atoms with van der Waals surface area (Å²) in [6.45, 7) is 0. The number of hydrogen-bond acceptors (Lipinski definition) is 4. The molecule has 1 fully saturated rings. The summed E-state index contributed by atoms with van der Waals surface area (Å²) in [7, 11) is -3.54. The second-order valence-electron chi connectivity index (χ2n) is 4.46. The molecule has 2 N–H and O–H groups in total. The highest BCUT2D eigenvalue weighted by molar-refractivity contribution is 7.89. The molecule has 1 aromatic carbocycles. The molecule has 2 rings (SSSR count). The number of aliphatic carboxylic acids is 1. The second-order valence-corrected chi connectivity index (χ2v) is 6.17. The molecule has 20 heavy (non-hydrogen) atoms. The quantitative estimate of drug-likeness (QED) is 0.601. The number of nitrogens with one attached hydrogen (secondary N) is 1. The molecule has 0 unspecified atom stereocenters. The van der Waals surface area contributed by atoms with Crippen molar-refractivity contribution in [1.29, 1.82) is 0 Å². The van der Waals surface area contributed by atoms with Crippen LogP contribution >= 0.6 is 0 Å². The largest absolute Gasteiger partial charge is 0.478 e. The highest BCUT2D eigenvalue weighted by atomic mass is 32.2. The third kappa shape index (κ3) is 3.75. The SMILES string of the molecule is O=C(O)/C=C/C(=O)c1ccc(S(=O)(=O)NC2CC2)cc1. The topological polar surface area (TPSA) is 101 Å². The van der Waals surface area contributed by atoms with Crippen LogP contribution in [0.4, 0.5) is 0 Å². The van der Waals surface area contributed by atoms with Crippen LogP contribution in [0.5, 0.6) is 0 Å². The molecule has 0 amide bonds. The minimum absolute atomic E-state index is 0.0137. The van der Waals surface area contributed by atoms with Gasteiger partial charge < -0.3 is 5.11 Å². The number of benzene rings is 1. The van der Waals surface area contributed by atoms with Crippen molar-refractivity contribution in [2.24, 2.45) is 0 Å². The van der Waals surface area contributed by atoms with E-state index in [9.17, 15) is 18.0 Å². The first-order valence-electron chi connectivity index (χ1n) is 5.96. The number of rotatable bonds is 6. The van der Waals surface area contributed by atoms with E-state index in [1.807, 2.05) is 0 Å². The van der Waals surface area contributed by atoms with Crippen LogP contribution in [0, 0.1) is 0 Å². The lowest BCUT2D eigenvalue weighted by Gasteiger charge is -2.05. The molecule has 0 radical (unpaired) electrons. The summed E-state index contributed by atoms with van der Waals surface area (Å²) in [6, 6.07) is 5.38. The third-order valence-corrected chi connectivity index (χ3v) is 4.26. The molecule has 7 heteroatoms. The fourth-order valence-electron chi connectivity index (χ4n) is 1.53. The van der Waals surface area contributed by atoms with Crippen LogP contribution in [-0.4, -0.2) is 31.3 Å². The Morgan fingerprint density at radius 2 is 1.75 bits per heavy atom. The van der Waals surface area contributed by atoms with Crippen molar-refractivity contribution in [2.75, 3.05) is 0 Å². The number of sulfonamides is 1. The molecule has 106 valence electrons. The van der Waals surface area contributed by atoms with Crippen LogP contribution in [0.15, 0.2) is 41.3 Å². The van der Waals surface area contributed by atoms with Gasteiger partial charge in [0.25, 0.3) is 0 Å². The van der Waals surface area contributed by atoms with Crippen molar-refractivity contribution >= 4 is 21.8 Å². The first-order chi connectivity index (χ1) is 9.38. The van der Waals surface area contributed by atoms with Crippen LogP contribution in [-0.2, 0) is 14.8 Å². The lowest BCUT2D eigenvalue weighted by molar-refractivity contribution is -0.131. The zero-order chi connectivity index (χ0) is 14.8. The van der Waals surface area contributed by atoms with Crippen LogP contribution in [0.1, 0.15) is 23.2 Å². The number of carboxylic acids is 1. The van der Waals surface area contributed by atoms with Crippen LogP contribution in [0.3, 0.4) is 0 Å². The Hall–Kier alpha value is -1.99. The maximum atomic E-state index is 11.9. The normalized spacial score (nSPS) is 15.4. The Kier molecular flexibility index (Phi) is 4.01. The van der Waals surface area contributed by atoms with Crippen molar-refractivity contribution in [2.45, 2.75) is 23.8 Å². The minimum Gasteiger partial charge on any atom is -0.478 e. The number of carboxylic acid groups (broad SMARTS) is 1. The van der Waals surface area contributed by atoms with Gasteiger partial charge in [0.15, 0.2) is 5.78 Å². The average molecular weight is 295 g/mol. The molecule has 0 spiro atoms. The zero-order valence-corrected chi connectivity index (χ0v) is 11.3. The molecule has 0 bridgehead atoms. The number of hydrogen-bond donors (Lipinski definition) is 2. The Balaban J connectivity index is 2.13. The summed E-state index contributed by atoms with van der Waals surface area (Å²) < 4.78 is 26.3. The first-order valence-corrected chi connectivity index (χ1v) is 7.44. The predicted octanol–water partition coefficient (Wildman–Crippen LogP) is 0.951. The summed E-state index contributed by atoms with van der Waals surface area (Å²) in [5.41, 5.74) is 0.230. The van der Waals surface area contributed by atoms with Gasteiger partial charge in [-0.2, -0.15) is 0 Å². The van der Waals surface area contributed by atoms with E-state index in [1.54, 1.807) is 0 Å². The van der Waals surface area contributed by atoms with E-state index in [-0.39, 0.29) is 16.5 Å². The van der Waals surface area contributed by atoms with E-state index < -0.39 is 21.8 Å². The van der Waals surface area contributed by atoms with Gasteiger partial charge in [0.05, 0.1) is 4.90 Å². The molecule has 1 aliphatic carbocycles. The number of ketones is 1. The molecule has 0 aliphatic heterocycles. The maximum absolute atomic E-state index is 11.9. The van der Waals surface area contributed by atoms with Crippen molar-refractivity contribution in [3.8, 4) is 0 Å². The summed E-state index contributed by atoms with van der Waals surface area (Å²) >= 11 is 0. The molecule has 1 saturated carbocycles. The molecule has 1 aliphatic rings. The van der Waals surface area contributed by atoms with E-state index >= 15 is 0 Å². The summed E-state index contributed by atoms with van der Waals surface area (Å²) in [6.07, 6.45) is 3.35. The fraction of sp³-hybridized carbons (Fsp3) is 0.231. The first kappa shape index (κ1) is 14.4. The maximum Gasteiger partial charge on any atom is 0.328 e. The van der Waals surface area contributed by atoms with E-state index in [2.05, 4.69) is 4.72 Å². The van der Waals surface area contributed by atoms with Crippen molar-refractivity contribution < 1.29 is 23.1 Å². The Labute approximate surface area is 116 Å². The predicted molar refractivity (Wildman–Crippen MR) is 70.9 cm³/mol. The summed E-state index contributed by atoms with van der Waals surface area (Å²) in [4.78, 5) is 22.0. The monoisotopic (exact) mass is 295 g/mol. The van der Waals surface area contributed by atoms with Gasteiger partial charge in [-0.1, -0.05) is 0 Å². The number of allylic oxidation sites excluding steroid dienone is 1. The lowest BCUT2D eigenvalue weighted by Crippen LogP contribution is -2.25. The van der Waals surface area contributed by atoms with Crippen LogP contribution in [0.25, 0.3) is 0 Å². The third-order valence-electron chi connectivity index (χ3n) is 2.73. The van der Waals surface area contributed by atoms with Crippen molar-refractivity contribution in [1.82, 2.24) is 4.72 Å². The van der Waals surface area contributed by atoms with Crippen molar-refractivity contribution in [3.05, 3.63) is 42.0 Å². The average Bonchev–Trinajstić information content (AvgIpc) is 3.19. The van der Waals surface area contributed by atoms with E-state index in [4.69, 9.17) is 5.11 Å². The minimum atomic E-state index is -3.54. The fourth-order valence-corrected chi connectivity index (χ4v) is 2.84. The second kappa shape index (κ2) is 5.56. The lowest BCUT2D eigenvalue weighted by atomic mass is 10.1. The molecule has 0 aromatic heterocycles. The van der Waals surface area contributed by atoms with E-state index in [0.29, 0.717) is 0 Å². The Morgan fingerprint density at radius 1 is 1.15 bits per heavy atom. The molecular weight excluding hydrogens is 282 g/mol. The molecule has 0 saturated heterocycles. The summed E-state index contributed by atoms with van der Waals surface area (Å²) in [5.74, 6) is -1.71. The smallest absolute Gasteiger partial charge is 0.328 e. The van der Waals surface area contributed by atoms with Gasteiger partial charge in [0.2, 0.25) is 10.0 Å². The molecule has 1 aromatic rings. The molecule has 0 atom stereocenters. The van der Waals surface area contributed by atoms with Crippen LogP contribution < -0.4 is 4.72 Å². The molecule has 0 heterocycles. The van der Waals surface area contributed by atoms with Crippen LogP contribution in [0.2, 0.25) is 0 Å². The van der Waals surface area contributed by atoms with Gasteiger partial charge in [-0.3, -0.25) is 4.79 Å². The molecule has 6 nitrogen and oxygen atoms in total. The van der Waals surface area contributed by atoms with E-state index in [0.717, 1.165) is 25.0 Å². The van der Waals surface area contributed by atoms with Gasteiger partial charge in [0, 0.05) is 17.7 Å². The van der Waals surface area contributed by atoms with Gasteiger partial charge in [-0.25, -0.2) is 17.9 Å². The Bertz CT molecular complexity index is 657. The van der Waals surface area contributed by atoms with Gasteiger partial charge in [-0.05, 0) is 43.2 Å². The van der Waals surface area contributed by atoms with Gasteiger partial charge >= 0.3 is 5.97 Å². The highest BCUT2D eigenvalue weighted by Gasteiger charge is 2.27. The standard InChI is InChI=1S/C13H13NO5S/c15-12(7-8-13(16)17)9-1-5-11(6-2-9)20(18,19)14-10-3-4-10/h1-2,5-8,10,14H,3-4H2,(H,16,17)/b8-7+. The summed E-state index contributed by atoms with van der Waals surface area (Å²) in [5, 5.41) is 8.42. The van der Waals surface area contributed by atoms with Gasteiger partial charge in [-0.15, -0.1) is 0 Å². The zero-order valence-electron chi connectivity index (χ0n) is 10.4. The number of carbonyl (C=O) groups excluding carboxylic acids is 1. The Morgan fingerprint density at radius 3 is 2.25 bits per heavy atom.